The molecule has 2 atom stereocenters. The molecule has 2 aromatic heterocycles. The minimum absolute atomic E-state index is 0.190. The molecule has 8 heteroatoms. The predicted molar refractivity (Wildman–Crippen MR) is 93.4 cm³/mol. The zero-order valence-corrected chi connectivity index (χ0v) is 14.8. The van der Waals surface area contributed by atoms with Gasteiger partial charge in [0.1, 0.15) is 5.82 Å². The van der Waals surface area contributed by atoms with Crippen LogP contribution >= 0.6 is 11.3 Å². The second kappa shape index (κ2) is 7.76. The molecule has 0 spiro atoms. The van der Waals surface area contributed by atoms with Crippen LogP contribution in [0.25, 0.3) is 0 Å². The zero-order valence-electron chi connectivity index (χ0n) is 14.0. The lowest BCUT2D eigenvalue weighted by atomic mass is 10.1. The number of aromatic nitrogens is 3. The highest BCUT2D eigenvalue weighted by Gasteiger charge is 2.18. The van der Waals surface area contributed by atoms with Crippen LogP contribution in [0.1, 0.15) is 30.0 Å². The number of nitrogens with one attached hydrogen (secondary N) is 2. The fourth-order valence-corrected chi connectivity index (χ4v) is 3.50. The first-order chi connectivity index (χ1) is 11.6. The number of hydrogen-bond donors (Lipinski definition) is 2. The number of rotatable bonds is 6. The van der Waals surface area contributed by atoms with E-state index in [0.717, 1.165) is 36.9 Å². The van der Waals surface area contributed by atoms with Gasteiger partial charge in [0.15, 0.2) is 0 Å². The molecular weight excluding hydrogens is 326 g/mol. The molecule has 24 heavy (non-hydrogen) atoms. The van der Waals surface area contributed by atoms with Crippen LogP contribution in [0, 0.1) is 12.8 Å². The average Bonchev–Trinajstić information content (AvgIpc) is 3.29. The normalized spacial score (nSPS) is 18.5. The molecule has 2 amide bonds. The lowest BCUT2D eigenvalue weighted by Crippen LogP contribution is -2.32. The van der Waals surface area contributed by atoms with Crippen molar-refractivity contribution in [3.05, 3.63) is 28.3 Å². The summed E-state index contributed by atoms with van der Waals surface area (Å²) in [4.78, 5) is 16.6. The van der Waals surface area contributed by atoms with Crippen LogP contribution in [0.5, 0.6) is 0 Å². The van der Waals surface area contributed by atoms with Crippen LogP contribution in [0.3, 0.4) is 0 Å². The number of aryl methyl sites for hydroxylation is 1. The Bertz CT molecular complexity index is 678. The number of anilines is 1. The number of carbonyl (C=O) groups is 1. The van der Waals surface area contributed by atoms with E-state index >= 15 is 0 Å². The Morgan fingerprint density at radius 2 is 2.46 bits per heavy atom. The van der Waals surface area contributed by atoms with Crippen molar-refractivity contribution in [2.45, 2.75) is 32.7 Å². The van der Waals surface area contributed by atoms with Gasteiger partial charge in [0, 0.05) is 48.7 Å². The molecule has 0 saturated carbocycles. The smallest absolute Gasteiger partial charge is 0.320 e. The van der Waals surface area contributed by atoms with Crippen molar-refractivity contribution in [3.63, 3.8) is 0 Å². The first-order valence-electron chi connectivity index (χ1n) is 8.18. The van der Waals surface area contributed by atoms with Gasteiger partial charge in [0.05, 0.1) is 17.8 Å². The molecule has 2 N–H and O–H groups in total. The molecule has 0 bridgehead atoms. The number of ether oxygens (including phenoxy) is 1. The standard InChI is InChI=1S/C16H23N5O2S/c1-11(15-19-12(2)10-24-15)7-17-16(22)20-14-3-5-18-21(14)8-13-4-6-23-9-13/h3,5,10-11,13H,4,6-9H2,1-2H3,(H2,17,20,22)/t11-,13-/m0/s1. The van der Waals surface area contributed by atoms with E-state index in [1.54, 1.807) is 17.5 Å². The Morgan fingerprint density at radius 1 is 1.58 bits per heavy atom. The number of nitrogens with zero attached hydrogens (tertiary/aromatic N) is 3. The third-order valence-electron chi connectivity index (χ3n) is 4.04. The Morgan fingerprint density at radius 3 is 3.17 bits per heavy atom. The van der Waals surface area contributed by atoms with Gasteiger partial charge in [-0.05, 0) is 13.3 Å². The summed E-state index contributed by atoms with van der Waals surface area (Å²) in [6, 6.07) is 1.59. The number of carbonyl (C=O) groups excluding carboxylic acids is 1. The Balaban J connectivity index is 1.49. The van der Waals surface area contributed by atoms with E-state index in [4.69, 9.17) is 4.74 Å². The number of hydrogen-bond acceptors (Lipinski definition) is 5. The van der Waals surface area contributed by atoms with Gasteiger partial charge in [-0.25, -0.2) is 14.5 Å². The van der Waals surface area contributed by atoms with Gasteiger partial charge < -0.3 is 10.1 Å². The Hall–Kier alpha value is -1.93. The first-order valence-corrected chi connectivity index (χ1v) is 9.06. The summed E-state index contributed by atoms with van der Waals surface area (Å²) < 4.78 is 7.22. The van der Waals surface area contributed by atoms with E-state index in [1.807, 2.05) is 23.1 Å². The maximum Gasteiger partial charge on any atom is 0.320 e. The highest BCUT2D eigenvalue weighted by molar-refractivity contribution is 7.09. The second-order valence-corrected chi connectivity index (χ2v) is 7.08. The summed E-state index contributed by atoms with van der Waals surface area (Å²) in [5, 5.41) is 13.1. The number of urea groups is 1. The number of thiazole rings is 1. The predicted octanol–water partition coefficient (Wildman–Crippen LogP) is 2.61. The molecule has 130 valence electrons. The summed E-state index contributed by atoms with van der Waals surface area (Å²) >= 11 is 1.63. The van der Waals surface area contributed by atoms with E-state index in [9.17, 15) is 4.79 Å². The second-order valence-electron chi connectivity index (χ2n) is 6.19. The fourth-order valence-electron chi connectivity index (χ4n) is 2.65. The van der Waals surface area contributed by atoms with E-state index in [2.05, 4.69) is 27.6 Å². The van der Waals surface area contributed by atoms with Crippen LogP contribution < -0.4 is 10.6 Å². The molecule has 2 aromatic rings. The third kappa shape index (κ3) is 4.33. The molecule has 0 aliphatic carbocycles. The van der Waals surface area contributed by atoms with Gasteiger partial charge in [-0.15, -0.1) is 11.3 Å². The minimum atomic E-state index is -0.223. The van der Waals surface area contributed by atoms with Crippen LogP contribution in [0.15, 0.2) is 17.6 Å². The lowest BCUT2D eigenvalue weighted by Gasteiger charge is -2.14. The van der Waals surface area contributed by atoms with Crippen molar-refractivity contribution >= 4 is 23.2 Å². The molecule has 1 saturated heterocycles. The SMILES string of the molecule is Cc1csc([C@@H](C)CNC(=O)Nc2ccnn2C[C@@H]2CCOC2)n1. The van der Waals surface area contributed by atoms with E-state index < -0.39 is 0 Å². The van der Waals surface area contributed by atoms with Crippen molar-refractivity contribution < 1.29 is 9.53 Å². The van der Waals surface area contributed by atoms with Crippen LogP contribution in [0.4, 0.5) is 10.6 Å². The van der Waals surface area contributed by atoms with E-state index in [-0.39, 0.29) is 11.9 Å². The molecule has 1 aliphatic rings. The Kier molecular flexibility index (Phi) is 5.47. The monoisotopic (exact) mass is 349 g/mol. The molecule has 1 fully saturated rings. The summed E-state index contributed by atoms with van der Waals surface area (Å²) in [5.41, 5.74) is 1.02. The quantitative estimate of drug-likeness (QED) is 0.840. The molecule has 7 nitrogen and oxygen atoms in total. The summed E-state index contributed by atoms with van der Waals surface area (Å²) in [6.07, 6.45) is 2.74. The van der Waals surface area contributed by atoms with Gasteiger partial charge in [-0.3, -0.25) is 5.32 Å². The van der Waals surface area contributed by atoms with Crippen molar-refractivity contribution in [2.24, 2.45) is 5.92 Å². The summed E-state index contributed by atoms with van der Waals surface area (Å²) in [6.45, 7) is 6.91. The van der Waals surface area contributed by atoms with Gasteiger partial charge >= 0.3 is 6.03 Å². The zero-order chi connectivity index (χ0) is 16.9. The van der Waals surface area contributed by atoms with Crippen molar-refractivity contribution in [1.82, 2.24) is 20.1 Å². The van der Waals surface area contributed by atoms with Crippen LogP contribution in [-0.2, 0) is 11.3 Å². The van der Waals surface area contributed by atoms with Gasteiger partial charge in [-0.2, -0.15) is 5.10 Å². The van der Waals surface area contributed by atoms with Gasteiger partial charge in [0.25, 0.3) is 0 Å². The summed E-state index contributed by atoms with van der Waals surface area (Å²) in [7, 11) is 0. The van der Waals surface area contributed by atoms with Crippen LogP contribution in [0.2, 0.25) is 0 Å². The highest BCUT2D eigenvalue weighted by Crippen LogP contribution is 2.19. The summed E-state index contributed by atoms with van der Waals surface area (Å²) in [5.74, 6) is 1.36. The molecule has 3 rings (SSSR count). The largest absolute Gasteiger partial charge is 0.381 e. The molecule has 0 aromatic carbocycles. The highest BCUT2D eigenvalue weighted by atomic mass is 32.1. The maximum absolute atomic E-state index is 12.1. The molecule has 0 unspecified atom stereocenters. The van der Waals surface area contributed by atoms with Crippen LogP contribution in [-0.4, -0.2) is 40.6 Å². The third-order valence-corrected chi connectivity index (χ3v) is 5.23. The van der Waals surface area contributed by atoms with Crippen molar-refractivity contribution in [2.75, 3.05) is 25.1 Å². The first kappa shape index (κ1) is 16.9. The topological polar surface area (TPSA) is 81.1 Å². The molecule has 3 heterocycles. The van der Waals surface area contributed by atoms with E-state index in [0.29, 0.717) is 18.3 Å². The average molecular weight is 349 g/mol. The molecule has 1 aliphatic heterocycles. The van der Waals surface area contributed by atoms with Crippen molar-refractivity contribution in [1.29, 1.82) is 0 Å². The maximum atomic E-state index is 12.1. The fraction of sp³-hybridized carbons (Fsp3) is 0.562. The number of amides is 2. The van der Waals surface area contributed by atoms with Crippen molar-refractivity contribution in [3.8, 4) is 0 Å². The van der Waals surface area contributed by atoms with E-state index in [1.165, 1.54) is 0 Å². The lowest BCUT2D eigenvalue weighted by molar-refractivity contribution is 0.181. The van der Waals surface area contributed by atoms with Gasteiger partial charge in [0.2, 0.25) is 0 Å². The molecular formula is C16H23N5O2S. The van der Waals surface area contributed by atoms with Gasteiger partial charge in [-0.1, -0.05) is 6.92 Å². The molecule has 0 radical (unpaired) electrons. The Labute approximate surface area is 145 Å². The minimum Gasteiger partial charge on any atom is -0.381 e.